The molecule has 6 nitrogen and oxygen atoms in total. The molecule has 2 heterocycles. The predicted octanol–water partition coefficient (Wildman–Crippen LogP) is 6.19. The van der Waals surface area contributed by atoms with Crippen molar-refractivity contribution in [3.05, 3.63) is 137 Å². The van der Waals surface area contributed by atoms with Crippen LogP contribution in [-0.2, 0) is 23.3 Å². The second-order valence-corrected chi connectivity index (χ2v) is 9.38. The average Bonchev–Trinajstić information content (AvgIpc) is 3.49. The van der Waals surface area contributed by atoms with E-state index in [0.717, 1.165) is 39.0 Å². The van der Waals surface area contributed by atoms with Gasteiger partial charge in [-0.1, -0.05) is 91.0 Å². The van der Waals surface area contributed by atoms with Crippen LogP contribution in [0.25, 0.3) is 10.9 Å². The minimum absolute atomic E-state index is 0.0117. The number of ether oxygens (including phenoxy) is 1. The third-order valence-electron chi connectivity index (χ3n) is 7.09. The molecule has 38 heavy (non-hydrogen) atoms. The number of carbonyl (C=O) groups is 2. The first-order valence-corrected chi connectivity index (χ1v) is 12.7. The summed E-state index contributed by atoms with van der Waals surface area (Å²) in [7, 11) is 0. The van der Waals surface area contributed by atoms with E-state index in [9.17, 15) is 9.59 Å². The van der Waals surface area contributed by atoms with Crippen molar-refractivity contribution in [2.45, 2.75) is 18.6 Å². The van der Waals surface area contributed by atoms with Gasteiger partial charge in [-0.2, -0.15) is 0 Å². The molecule has 0 aliphatic carbocycles. The van der Waals surface area contributed by atoms with E-state index in [4.69, 9.17) is 4.74 Å². The number of fused-ring (bicyclic) bond motifs is 2. The number of para-hydroxylation sites is 2. The number of hydrogen-bond acceptors (Lipinski definition) is 4. The SMILES string of the molecule is O=C(NCCc1c([C@@]2(c3ccccc3)Nc3ccccc3C2=O)[nH]c2ccccc12)OCc1ccccc1. The molecule has 0 bridgehead atoms. The summed E-state index contributed by atoms with van der Waals surface area (Å²) in [5.41, 5.74) is 4.81. The molecule has 0 spiro atoms. The van der Waals surface area contributed by atoms with Gasteiger partial charge in [-0.15, -0.1) is 0 Å². The van der Waals surface area contributed by atoms with Gasteiger partial charge in [-0.25, -0.2) is 4.79 Å². The van der Waals surface area contributed by atoms with Crippen LogP contribution in [0.15, 0.2) is 109 Å². The molecular formula is C32H27N3O3. The van der Waals surface area contributed by atoms with Crippen LogP contribution in [-0.4, -0.2) is 23.4 Å². The lowest BCUT2D eigenvalue weighted by molar-refractivity contribution is 0.0938. The lowest BCUT2D eigenvalue weighted by Crippen LogP contribution is -2.41. The van der Waals surface area contributed by atoms with Gasteiger partial charge in [0.25, 0.3) is 0 Å². The zero-order valence-corrected chi connectivity index (χ0v) is 20.7. The Labute approximate surface area is 220 Å². The average molecular weight is 502 g/mol. The molecule has 188 valence electrons. The van der Waals surface area contributed by atoms with E-state index in [2.05, 4.69) is 15.6 Å². The second-order valence-electron chi connectivity index (χ2n) is 9.38. The Morgan fingerprint density at radius 3 is 2.29 bits per heavy atom. The number of Topliss-reactive ketones (excluding diaryl/α,β-unsaturated/α-hetero) is 1. The first-order chi connectivity index (χ1) is 18.7. The van der Waals surface area contributed by atoms with Crippen molar-refractivity contribution in [3.8, 4) is 0 Å². The van der Waals surface area contributed by atoms with E-state index in [-0.39, 0.29) is 12.4 Å². The number of alkyl carbamates (subject to hydrolysis) is 1. The van der Waals surface area contributed by atoms with Gasteiger partial charge in [-0.05, 0) is 41.3 Å². The number of anilines is 1. The molecule has 1 amide bonds. The van der Waals surface area contributed by atoms with Gasteiger partial charge < -0.3 is 20.4 Å². The smallest absolute Gasteiger partial charge is 0.407 e. The number of carbonyl (C=O) groups excluding carboxylic acids is 2. The summed E-state index contributed by atoms with van der Waals surface area (Å²) in [6.07, 6.45) is 0.0372. The molecule has 0 radical (unpaired) electrons. The van der Waals surface area contributed by atoms with E-state index in [0.29, 0.717) is 18.5 Å². The van der Waals surface area contributed by atoms with Crippen LogP contribution in [0.3, 0.4) is 0 Å². The zero-order chi connectivity index (χ0) is 26.0. The van der Waals surface area contributed by atoms with Gasteiger partial charge in [0.15, 0.2) is 5.54 Å². The molecule has 6 heteroatoms. The van der Waals surface area contributed by atoms with Crippen molar-refractivity contribution in [1.82, 2.24) is 10.3 Å². The Hall–Kier alpha value is -4.84. The van der Waals surface area contributed by atoms with Gasteiger partial charge in [0.1, 0.15) is 6.61 Å². The minimum Gasteiger partial charge on any atom is -0.445 e. The molecule has 5 aromatic rings. The highest BCUT2D eigenvalue weighted by atomic mass is 16.5. The zero-order valence-electron chi connectivity index (χ0n) is 20.7. The third-order valence-corrected chi connectivity index (χ3v) is 7.09. The molecule has 1 atom stereocenters. The number of rotatable bonds is 7. The van der Waals surface area contributed by atoms with Gasteiger partial charge >= 0.3 is 6.09 Å². The fraction of sp³-hybridized carbons (Fsp3) is 0.125. The third kappa shape index (κ3) is 4.10. The summed E-state index contributed by atoms with van der Waals surface area (Å²) in [6.45, 7) is 0.563. The Morgan fingerprint density at radius 1 is 0.816 bits per heavy atom. The van der Waals surface area contributed by atoms with E-state index < -0.39 is 11.6 Å². The highest BCUT2D eigenvalue weighted by Gasteiger charge is 2.50. The van der Waals surface area contributed by atoms with Crippen LogP contribution < -0.4 is 10.6 Å². The van der Waals surface area contributed by atoms with Crippen LogP contribution in [0.5, 0.6) is 0 Å². The number of H-pyrrole nitrogens is 1. The topological polar surface area (TPSA) is 83.2 Å². The maximum Gasteiger partial charge on any atom is 0.407 e. The second kappa shape index (κ2) is 9.90. The molecule has 0 saturated carbocycles. The minimum atomic E-state index is -1.12. The van der Waals surface area contributed by atoms with Gasteiger partial charge in [0, 0.05) is 28.7 Å². The van der Waals surface area contributed by atoms with E-state index in [1.165, 1.54) is 0 Å². The Kier molecular flexibility index (Phi) is 6.14. The summed E-state index contributed by atoms with van der Waals surface area (Å²) in [6, 6.07) is 35.0. The van der Waals surface area contributed by atoms with Crippen LogP contribution in [0, 0.1) is 0 Å². The standard InChI is InChI=1S/C32H27N3O3/c36-30-26-16-8-10-18-28(26)35-32(30,23-13-5-2-6-14-23)29-25(24-15-7-9-17-27(24)34-29)19-20-33-31(37)38-21-22-11-3-1-4-12-22/h1-18,34-35H,19-21H2,(H,33,37)/t32-/m1/s1. The summed E-state index contributed by atoms with van der Waals surface area (Å²) >= 11 is 0. The van der Waals surface area contributed by atoms with Crippen LogP contribution in [0.1, 0.15) is 32.7 Å². The number of ketones is 1. The Morgan fingerprint density at radius 2 is 1.50 bits per heavy atom. The van der Waals surface area contributed by atoms with Crippen molar-refractivity contribution >= 4 is 28.5 Å². The largest absolute Gasteiger partial charge is 0.445 e. The van der Waals surface area contributed by atoms with Crippen LogP contribution >= 0.6 is 0 Å². The summed E-state index contributed by atoms with van der Waals surface area (Å²) in [5, 5.41) is 7.47. The van der Waals surface area contributed by atoms with Crippen molar-refractivity contribution in [2.75, 3.05) is 11.9 Å². The summed E-state index contributed by atoms with van der Waals surface area (Å²) < 4.78 is 5.39. The number of amides is 1. The molecule has 6 rings (SSSR count). The maximum absolute atomic E-state index is 14.2. The molecular weight excluding hydrogens is 474 g/mol. The Bertz CT molecular complexity index is 1610. The number of nitrogens with one attached hydrogen (secondary N) is 3. The molecule has 1 aromatic heterocycles. The molecule has 0 unspecified atom stereocenters. The highest BCUT2D eigenvalue weighted by molar-refractivity contribution is 6.16. The first kappa shape index (κ1) is 23.6. The molecule has 0 saturated heterocycles. The van der Waals surface area contributed by atoms with Crippen molar-refractivity contribution in [2.24, 2.45) is 0 Å². The van der Waals surface area contributed by atoms with Crippen molar-refractivity contribution in [3.63, 3.8) is 0 Å². The molecule has 4 aromatic carbocycles. The monoisotopic (exact) mass is 501 g/mol. The fourth-order valence-corrected chi connectivity index (χ4v) is 5.31. The van der Waals surface area contributed by atoms with Gasteiger partial charge in [0.05, 0.1) is 5.69 Å². The highest BCUT2D eigenvalue weighted by Crippen LogP contribution is 2.46. The van der Waals surface area contributed by atoms with E-state index in [1.807, 2.05) is 109 Å². The van der Waals surface area contributed by atoms with Crippen LogP contribution in [0.4, 0.5) is 10.5 Å². The first-order valence-electron chi connectivity index (χ1n) is 12.7. The normalized spacial score (nSPS) is 16.2. The quantitative estimate of drug-likeness (QED) is 0.248. The van der Waals surface area contributed by atoms with Gasteiger partial charge in [0.2, 0.25) is 5.78 Å². The summed E-state index contributed by atoms with van der Waals surface area (Å²) in [4.78, 5) is 30.2. The van der Waals surface area contributed by atoms with Crippen molar-refractivity contribution < 1.29 is 14.3 Å². The number of aromatic amines is 1. The fourth-order valence-electron chi connectivity index (χ4n) is 5.31. The number of aromatic nitrogens is 1. The lowest BCUT2D eigenvalue weighted by atomic mass is 9.80. The lowest BCUT2D eigenvalue weighted by Gasteiger charge is -2.30. The van der Waals surface area contributed by atoms with E-state index >= 15 is 0 Å². The predicted molar refractivity (Wildman–Crippen MR) is 148 cm³/mol. The molecule has 3 N–H and O–H groups in total. The number of hydrogen-bond donors (Lipinski definition) is 3. The maximum atomic E-state index is 14.2. The van der Waals surface area contributed by atoms with Crippen molar-refractivity contribution in [1.29, 1.82) is 0 Å². The van der Waals surface area contributed by atoms with Gasteiger partial charge in [-0.3, -0.25) is 4.79 Å². The molecule has 1 aliphatic heterocycles. The molecule has 0 fully saturated rings. The molecule has 1 aliphatic rings. The summed E-state index contributed by atoms with van der Waals surface area (Å²) in [5.74, 6) is -0.0117. The number of benzene rings is 4. The van der Waals surface area contributed by atoms with Crippen LogP contribution in [0.2, 0.25) is 0 Å². The Balaban J connectivity index is 1.34. The van der Waals surface area contributed by atoms with E-state index in [1.54, 1.807) is 0 Å².